The standard InChI is InChI=1S/C11H16N2O4/c1-13-5-8(14)10(15)6-3-2-4-7(9(6)12)11(16)17/h2-4,8,10,13-15H,5,12H2,1H3,(H,16,17). The molecule has 0 radical (unpaired) electrons. The van der Waals surface area contributed by atoms with Gasteiger partial charge < -0.3 is 26.4 Å². The summed E-state index contributed by atoms with van der Waals surface area (Å²) in [6, 6.07) is 4.31. The predicted molar refractivity (Wildman–Crippen MR) is 62.7 cm³/mol. The number of anilines is 1. The van der Waals surface area contributed by atoms with Crippen LogP contribution in [-0.4, -0.2) is 41.0 Å². The first kappa shape index (κ1) is 13.4. The highest BCUT2D eigenvalue weighted by Gasteiger charge is 2.22. The molecule has 0 saturated carbocycles. The molecule has 1 aromatic rings. The number of nitrogens with one attached hydrogen (secondary N) is 1. The van der Waals surface area contributed by atoms with Crippen molar-refractivity contribution in [3.63, 3.8) is 0 Å². The molecule has 0 heterocycles. The summed E-state index contributed by atoms with van der Waals surface area (Å²) in [6.45, 7) is 0.178. The van der Waals surface area contributed by atoms with Crippen LogP contribution in [0.3, 0.4) is 0 Å². The second-order valence-electron chi connectivity index (χ2n) is 3.68. The van der Waals surface area contributed by atoms with Gasteiger partial charge in [0.05, 0.1) is 17.4 Å². The number of aliphatic hydroxyl groups excluding tert-OH is 2. The van der Waals surface area contributed by atoms with E-state index in [1.807, 2.05) is 0 Å². The molecule has 0 bridgehead atoms. The molecule has 94 valence electrons. The molecule has 1 aromatic carbocycles. The Kier molecular flexibility index (Phi) is 4.45. The van der Waals surface area contributed by atoms with E-state index < -0.39 is 18.2 Å². The Balaban J connectivity index is 3.06. The molecule has 0 spiro atoms. The Morgan fingerprint density at radius 1 is 1.47 bits per heavy atom. The van der Waals surface area contributed by atoms with E-state index in [1.165, 1.54) is 18.2 Å². The SMILES string of the molecule is CNCC(O)C(O)c1cccc(C(=O)O)c1N. The van der Waals surface area contributed by atoms with Gasteiger partial charge in [0.1, 0.15) is 6.10 Å². The lowest BCUT2D eigenvalue weighted by Crippen LogP contribution is -2.30. The highest BCUT2D eigenvalue weighted by atomic mass is 16.4. The molecule has 2 unspecified atom stereocenters. The molecular weight excluding hydrogens is 224 g/mol. The molecule has 0 aromatic heterocycles. The van der Waals surface area contributed by atoms with E-state index in [9.17, 15) is 15.0 Å². The van der Waals surface area contributed by atoms with Crippen LogP contribution in [0.1, 0.15) is 22.0 Å². The fourth-order valence-corrected chi connectivity index (χ4v) is 1.56. The minimum Gasteiger partial charge on any atom is -0.478 e. The van der Waals surface area contributed by atoms with Crippen molar-refractivity contribution in [2.24, 2.45) is 0 Å². The summed E-state index contributed by atoms with van der Waals surface area (Å²) in [5.74, 6) is -1.17. The van der Waals surface area contributed by atoms with Crippen molar-refractivity contribution in [2.75, 3.05) is 19.3 Å². The maximum absolute atomic E-state index is 10.9. The first-order chi connectivity index (χ1) is 7.99. The summed E-state index contributed by atoms with van der Waals surface area (Å²) in [5, 5.41) is 31.0. The normalized spacial score (nSPS) is 14.3. The van der Waals surface area contributed by atoms with Crippen molar-refractivity contribution in [3.8, 4) is 0 Å². The average molecular weight is 240 g/mol. The van der Waals surface area contributed by atoms with E-state index in [4.69, 9.17) is 10.8 Å². The van der Waals surface area contributed by atoms with Crippen LogP contribution in [-0.2, 0) is 0 Å². The number of carboxylic acids is 1. The highest BCUT2D eigenvalue weighted by molar-refractivity contribution is 5.94. The molecule has 2 atom stereocenters. The number of likely N-dealkylation sites (N-methyl/N-ethyl adjacent to an activating group) is 1. The number of nitrogens with two attached hydrogens (primary N) is 1. The fraction of sp³-hybridized carbons (Fsp3) is 0.364. The third-order valence-corrected chi connectivity index (χ3v) is 2.47. The zero-order chi connectivity index (χ0) is 13.0. The summed E-state index contributed by atoms with van der Waals surface area (Å²) in [7, 11) is 1.63. The van der Waals surface area contributed by atoms with Gasteiger partial charge in [-0.25, -0.2) is 4.79 Å². The molecule has 0 fully saturated rings. The van der Waals surface area contributed by atoms with Gasteiger partial charge in [-0.15, -0.1) is 0 Å². The van der Waals surface area contributed by atoms with E-state index in [0.717, 1.165) is 0 Å². The third kappa shape index (κ3) is 2.94. The number of hydrogen-bond acceptors (Lipinski definition) is 5. The Bertz CT molecular complexity index is 408. The lowest BCUT2D eigenvalue weighted by molar-refractivity contribution is 0.0206. The van der Waals surface area contributed by atoms with E-state index in [2.05, 4.69) is 5.32 Å². The molecule has 0 saturated heterocycles. The number of para-hydroxylation sites is 1. The number of rotatable bonds is 5. The van der Waals surface area contributed by atoms with Crippen LogP contribution in [0.15, 0.2) is 18.2 Å². The lowest BCUT2D eigenvalue weighted by atomic mass is 9.99. The van der Waals surface area contributed by atoms with E-state index >= 15 is 0 Å². The van der Waals surface area contributed by atoms with Crippen molar-refractivity contribution in [3.05, 3.63) is 29.3 Å². The predicted octanol–water partition coefficient (Wildman–Crippen LogP) is -0.419. The smallest absolute Gasteiger partial charge is 0.337 e. The van der Waals surface area contributed by atoms with E-state index in [-0.39, 0.29) is 23.4 Å². The lowest BCUT2D eigenvalue weighted by Gasteiger charge is -2.20. The third-order valence-electron chi connectivity index (χ3n) is 2.47. The van der Waals surface area contributed by atoms with Gasteiger partial charge in [0.25, 0.3) is 0 Å². The number of hydrogen-bond donors (Lipinski definition) is 5. The summed E-state index contributed by atoms with van der Waals surface area (Å²) >= 11 is 0. The van der Waals surface area contributed by atoms with Gasteiger partial charge in [-0.05, 0) is 13.1 Å². The molecule has 0 aliphatic rings. The van der Waals surface area contributed by atoms with Gasteiger partial charge in [-0.1, -0.05) is 12.1 Å². The molecule has 0 amide bonds. The first-order valence-corrected chi connectivity index (χ1v) is 5.11. The number of nitrogen functional groups attached to an aromatic ring is 1. The van der Waals surface area contributed by atoms with Crippen molar-refractivity contribution < 1.29 is 20.1 Å². The van der Waals surface area contributed by atoms with Crippen LogP contribution in [0, 0.1) is 0 Å². The second-order valence-corrected chi connectivity index (χ2v) is 3.68. The minimum absolute atomic E-state index is 0.0253. The number of aromatic carboxylic acids is 1. The summed E-state index contributed by atoms with van der Waals surface area (Å²) in [4.78, 5) is 10.9. The van der Waals surface area contributed by atoms with Crippen molar-refractivity contribution in [1.29, 1.82) is 0 Å². The quantitative estimate of drug-likeness (QED) is 0.446. The number of benzene rings is 1. The second kappa shape index (κ2) is 5.62. The highest BCUT2D eigenvalue weighted by Crippen LogP contribution is 2.26. The van der Waals surface area contributed by atoms with Gasteiger partial charge >= 0.3 is 5.97 Å². The van der Waals surface area contributed by atoms with Gasteiger partial charge in [-0.2, -0.15) is 0 Å². The fourth-order valence-electron chi connectivity index (χ4n) is 1.56. The Morgan fingerprint density at radius 3 is 2.65 bits per heavy atom. The zero-order valence-electron chi connectivity index (χ0n) is 9.42. The molecule has 1 rings (SSSR count). The summed E-state index contributed by atoms with van der Waals surface area (Å²) in [6.07, 6.45) is -2.27. The molecule has 6 N–H and O–H groups in total. The summed E-state index contributed by atoms with van der Waals surface area (Å²) < 4.78 is 0. The topological polar surface area (TPSA) is 116 Å². The minimum atomic E-state index is -1.22. The van der Waals surface area contributed by atoms with Gasteiger partial charge in [0.15, 0.2) is 0 Å². The number of carbonyl (C=O) groups is 1. The Hall–Kier alpha value is -1.63. The number of carboxylic acid groups (broad SMARTS) is 1. The van der Waals surface area contributed by atoms with Crippen LogP contribution >= 0.6 is 0 Å². The zero-order valence-corrected chi connectivity index (χ0v) is 9.42. The van der Waals surface area contributed by atoms with Crippen molar-refractivity contribution in [2.45, 2.75) is 12.2 Å². The first-order valence-electron chi connectivity index (χ1n) is 5.11. The molecule has 0 aliphatic heterocycles. The van der Waals surface area contributed by atoms with Crippen LogP contribution in [0.4, 0.5) is 5.69 Å². The molecule has 0 aliphatic carbocycles. The maximum Gasteiger partial charge on any atom is 0.337 e. The Labute approximate surface area is 98.7 Å². The van der Waals surface area contributed by atoms with Gasteiger partial charge in [0.2, 0.25) is 0 Å². The number of aliphatic hydroxyl groups is 2. The van der Waals surface area contributed by atoms with Gasteiger partial charge in [0, 0.05) is 12.1 Å². The van der Waals surface area contributed by atoms with Crippen LogP contribution in [0.5, 0.6) is 0 Å². The monoisotopic (exact) mass is 240 g/mol. The van der Waals surface area contributed by atoms with Crippen molar-refractivity contribution >= 4 is 11.7 Å². The molecule has 17 heavy (non-hydrogen) atoms. The molecule has 6 nitrogen and oxygen atoms in total. The van der Waals surface area contributed by atoms with Crippen LogP contribution in [0.25, 0.3) is 0 Å². The summed E-state index contributed by atoms with van der Waals surface area (Å²) in [5.41, 5.74) is 5.75. The maximum atomic E-state index is 10.9. The average Bonchev–Trinajstić information content (AvgIpc) is 2.28. The Morgan fingerprint density at radius 2 is 2.12 bits per heavy atom. The van der Waals surface area contributed by atoms with E-state index in [1.54, 1.807) is 7.05 Å². The van der Waals surface area contributed by atoms with Crippen molar-refractivity contribution in [1.82, 2.24) is 5.32 Å². The molecular formula is C11H16N2O4. The molecule has 6 heteroatoms. The van der Waals surface area contributed by atoms with Crippen LogP contribution < -0.4 is 11.1 Å². The largest absolute Gasteiger partial charge is 0.478 e. The van der Waals surface area contributed by atoms with E-state index in [0.29, 0.717) is 0 Å². The van der Waals surface area contributed by atoms with Crippen LogP contribution in [0.2, 0.25) is 0 Å². The van der Waals surface area contributed by atoms with Gasteiger partial charge in [-0.3, -0.25) is 0 Å².